The Balaban J connectivity index is 3.09. The third kappa shape index (κ3) is 12.8. The van der Waals surface area contributed by atoms with Crippen molar-refractivity contribution in [2.75, 3.05) is 53.4 Å². The van der Waals surface area contributed by atoms with Gasteiger partial charge in [0.05, 0.1) is 40.1 Å². The second-order valence-electron chi connectivity index (χ2n) is 3.23. The Bertz CT molecular complexity index is 265. The zero-order valence-electron chi connectivity index (χ0n) is 11.1. The molecule has 110 valence electrons. The first-order valence-corrected chi connectivity index (χ1v) is 5.80. The highest BCUT2D eigenvalue weighted by Crippen LogP contribution is 1.84. The van der Waals surface area contributed by atoms with E-state index in [-0.39, 0.29) is 13.2 Å². The van der Waals surface area contributed by atoms with Crippen LogP contribution in [0.25, 0.3) is 0 Å². The Morgan fingerprint density at radius 1 is 0.947 bits per heavy atom. The van der Waals surface area contributed by atoms with E-state index in [4.69, 9.17) is 18.9 Å². The summed E-state index contributed by atoms with van der Waals surface area (Å²) in [5.41, 5.74) is 0. The van der Waals surface area contributed by atoms with E-state index in [2.05, 4.69) is 11.3 Å². The van der Waals surface area contributed by atoms with Gasteiger partial charge in [0.15, 0.2) is 0 Å². The van der Waals surface area contributed by atoms with Crippen LogP contribution in [-0.2, 0) is 33.3 Å². The van der Waals surface area contributed by atoms with Gasteiger partial charge in [0.25, 0.3) is 0 Å². The van der Waals surface area contributed by atoms with Gasteiger partial charge in [-0.05, 0) is 0 Å². The van der Waals surface area contributed by atoms with E-state index in [0.717, 1.165) is 6.08 Å². The maximum Gasteiger partial charge on any atom is 0.331 e. The van der Waals surface area contributed by atoms with Gasteiger partial charge in [0, 0.05) is 6.08 Å². The summed E-state index contributed by atoms with van der Waals surface area (Å²) in [5.74, 6) is -0.889. The highest BCUT2D eigenvalue weighted by Gasteiger charge is 1.99. The van der Waals surface area contributed by atoms with Gasteiger partial charge in [-0.3, -0.25) is 0 Å². The van der Waals surface area contributed by atoms with Crippen LogP contribution < -0.4 is 0 Å². The average Bonchev–Trinajstić information content (AvgIpc) is 2.43. The molecule has 0 aliphatic heterocycles. The molecule has 0 N–H and O–H groups in total. The molecule has 0 aromatic rings. The number of hydrogen-bond donors (Lipinski definition) is 0. The van der Waals surface area contributed by atoms with Crippen molar-refractivity contribution in [1.82, 2.24) is 0 Å². The summed E-state index contributed by atoms with van der Waals surface area (Å²) in [5, 5.41) is 0. The van der Waals surface area contributed by atoms with Gasteiger partial charge in [0.2, 0.25) is 0 Å². The van der Waals surface area contributed by atoms with E-state index < -0.39 is 11.9 Å². The predicted octanol–water partition coefficient (Wildman–Crippen LogP) is -0.0616. The summed E-state index contributed by atoms with van der Waals surface area (Å²) in [7, 11) is 1.30. The number of hydrogen-bond acceptors (Lipinski definition) is 7. The van der Waals surface area contributed by atoms with Crippen LogP contribution in [0.1, 0.15) is 0 Å². The Morgan fingerprint density at radius 2 is 1.47 bits per heavy atom. The standard InChI is InChI=1S/C12H20O7/c1-3-11(13)19-9-8-17-5-4-16-6-7-18-10-12(14)15-2/h3H,1,4-10H2,2H3. The Kier molecular flexibility index (Phi) is 12.0. The van der Waals surface area contributed by atoms with Crippen LogP contribution in [0.3, 0.4) is 0 Å². The fraction of sp³-hybridized carbons (Fsp3) is 0.667. The van der Waals surface area contributed by atoms with Gasteiger partial charge in [-0.25, -0.2) is 9.59 Å². The summed E-state index contributed by atoms with van der Waals surface area (Å²) >= 11 is 0. The first kappa shape index (κ1) is 17.6. The maximum atomic E-state index is 10.7. The number of esters is 2. The van der Waals surface area contributed by atoms with Crippen LogP contribution in [0, 0.1) is 0 Å². The quantitative estimate of drug-likeness (QED) is 0.280. The normalized spacial score (nSPS) is 9.95. The van der Waals surface area contributed by atoms with Crippen molar-refractivity contribution in [2.45, 2.75) is 0 Å². The van der Waals surface area contributed by atoms with Crippen molar-refractivity contribution in [2.24, 2.45) is 0 Å². The van der Waals surface area contributed by atoms with Gasteiger partial charge in [0.1, 0.15) is 13.2 Å². The molecular weight excluding hydrogens is 256 g/mol. The molecule has 7 heteroatoms. The average molecular weight is 276 g/mol. The lowest BCUT2D eigenvalue weighted by Crippen LogP contribution is -2.15. The minimum Gasteiger partial charge on any atom is -0.467 e. The summed E-state index contributed by atoms with van der Waals surface area (Å²) in [6.45, 7) is 5.15. The van der Waals surface area contributed by atoms with Crippen molar-refractivity contribution in [3.05, 3.63) is 12.7 Å². The predicted molar refractivity (Wildman–Crippen MR) is 65.6 cm³/mol. The zero-order chi connectivity index (χ0) is 14.3. The largest absolute Gasteiger partial charge is 0.467 e. The summed E-state index contributed by atoms with van der Waals surface area (Å²) < 4.78 is 24.4. The maximum absolute atomic E-state index is 10.7. The molecule has 0 fully saturated rings. The molecule has 0 unspecified atom stereocenters. The first-order valence-electron chi connectivity index (χ1n) is 5.80. The molecular formula is C12H20O7. The SMILES string of the molecule is C=CC(=O)OCCOCCOCCOCC(=O)OC. The zero-order valence-corrected chi connectivity index (χ0v) is 11.1. The van der Waals surface area contributed by atoms with Crippen LogP contribution in [-0.4, -0.2) is 65.3 Å². The lowest BCUT2D eigenvalue weighted by molar-refractivity contribution is -0.146. The lowest BCUT2D eigenvalue weighted by Gasteiger charge is -2.06. The van der Waals surface area contributed by atoms with Crippen LogP contribution in [0.2, 0.25) is 0 Å². The van der Waals surface area contributed by atoms with Gasteiger partial charge in [-0.2, -0.15) is 0 Å². The Morgan fingerprint density at radius 3 is 2.00 bits per heavy atom. The second-order valence-corrected chi connectivity index (χ2v) is 3.23. The van der Waals surface area contributed by atoms with Gasteiger partial charge < -0.3 is 23.7 Å². The molecule has 0 aromatic heterocycles. The minimum atomic E-state index is -0.470. The minimum absolute atomic E-state index is 0.0783. The van der Waals surface area contributed by atoms with Gasteiger partial charge in [-0.1, -0.05) is 6.58 Å². The molecule has 0 aliphatic rings. The summed E-state index contributed by atoms with van der Waals surface area (Å²) in [6, 6.07) is 0. The van der Waals surface area contributed by atoms with E-state index in [1.54, 1.807) is 0 Å². The molecule has 0 saturated carbocycles. The summed E-state index contributed by atoms with van der Waals surface area (Å²) in [6.07, 6.45) is 1.09. The number of ether oxygens (including phenoxy) is 5. The second kappa shape index (κ2) is 13.0. The number of carbonyl (C=O) groups is 2. The van der Waals surface area contributed by atoms with E-state index in [9.17, 15) is 9.59 Å². The molecule has 0 amide bonds. The van der Waals surface area contributed by atoms with E-state index in [1.165, 1.54) is 7.11 Å². The van der Waals surface area contributed by atoms with Crippen LogP contribution >= 0.6 is 0 Å². The smallest absolute Gasteiger partial charge is 0.331 e. The molecule has 0 aromatic carbocycles. The third-order valence-electron chi connectivity index (χ3n) is 1.83. The van der Waals surface area contributed by atoms with Crippen LogP contribution in [0.4, 0.5) is 0 Å². The van der Waals surface area contributed by atoms with Crippen LogP contribution in [0.15, 0.2) is 12.7 Å². The van der Waals surface area contributed by atoms with E-state index in [1.807, 2.05) is 0 Å². The Hall–Kier alpha value is -1.44. The lowest BCUT2D eigenvalue weighted by atomic mass is 10.6. The topological polar surface area (TPSA) is 80.3 Å². The monoisotopic (exact) mass is 276 g/mol. The number of methoxy groups -OCH3 is 1. The first-order chi connectivity index (χ1) is 9.20. The number of carbonyl (C=O) groups excluding carboxylic acids is 2. The highest BCUT2D eigenvalue weighted by molar-refractivity contribution is 5.81. The molecule has 0 saturated heterocycles. The van der Waals surface area contributed by atoms with Crippen molar-refractivity contribution in [3.63, 3.8) is 0 Å². The van der Waals surface area contributed by atoms with Crippen LogP contribution in [0.5, 0.6) is 0 Å². The van der Waals surface area contributed by atoms with Crippen molar-refractivity contribution in [3.8, 4) is 0 Å². The molecule has 0 rings (SSSR count). The van der Waals surface area contributed by atoms with Gasteiger partial charge in [-0.15, -0.1) is 0 Å². The molecule has 19 heavy (non-hydrogen) atoms. The van der Waals surface area contributed by atoms with Crippen molar-refractivity contribution < 1.29 is 33.3 Å². The molecule has 7 nitrogen and oxygen atoms in total. The number of rotatable bonds is 12. The molecule has 0 atom stereocenters. The Labute approximate surface area is 112 Å². The van der Waals surface area contributed by atoms with Crippen molar-refractivity contribution in [1.29, 1.82) is 0 Å². The fourth-order valence-corrected chi connectivity index (χ4v) is 0.914. The molecule has 0 aliphatic carbocycles. The highest BCUT2D eigenvalue weighted by atomic mass is 16.6. The third-order valence-corrected chi connectivity index (χ3v) is 1.83. The van der Waals surface area contributed by atoms with Gasteiger partial charge >= 0.3 is 11.9 Å². The molecule has 0 heterocycles. The van der Waals surface area contributed by atoms with E-state index >= 15 is 0 Å². The molecule has 0 radical (unpaired) electrons. The fourth-order valence-electron chi connectivity index (χ4n) is 0.914. The molecule has 0 bridgehead atoms. The molecule has 0 spiro atoms. The van der Waals surface area contributed by atoms with Crippen molar-refractivity contribution >= 4 is 11.9 Å². The summed E-state index contributed by atoms with van der Waals surface area (Å²) in [4.78, 5) is 21.3. The van der Waals surface area contributed by atoms with E-state index in [0.29, 0.717) is 33.0 Å².